The predicted molar refractivity (Wildman–Crippen MR) is 112 cm³/mol. The molecule has 26 heavy (non-hydrogen) atoms. The van der Waals surface area contributed by atoms with Crippen molar-refractivity contribution in [2.24, 2.45) is 11.8 Å². The summed E-state index contributed by atoms with van der Waals surface area (Å²) in [7, 11) is -1.06. The monoisotopic (exact) mass is 376 g/mol. The second kappa shape index (κ2) is 12.3. The molecular weight excluding hydrogens is 340 g/mol. The van der Waals surface area contributed by atoms with Gasteiger partial charge in [-0.3, -0.25) is 0 Å². The van der Waals surface area contributed by atoms with Crippen molar-refractivity contribution in [2.45, 2.75) is 59.2 Å². The van der Waals surface area contributed by atoms with Crippen LogP contribution in [0, 0.1) is 23.7 Å². The van der Waals surface area contributed by atoms with E-state index in [4.69, 9.17) is 14.2 Å². The molecule has 146 valence electrons. The maximum Gasteiger partial charge on any atom is 0.147 e. The largest absolute Gasteiger partial charge is 0.376 e. The van der Waals surface area contributed by atoms with Crippen LogP contribution in [0.4, 0.5) is 0 Å². The van der Waals surface area contributed by atoms with Crippen LogP contribution in [0.5, 0.6) is 0 Å². The highest BCUT2D eigenvalue weighted by Gasteiger charge is 2.24. The second-order valence-electron chi connectivity index (χ2n) is 8.13. The summed E-state index contributed by atoms with van der Waals surface area (Å²) in [6.45, 7) is 15.6. The molecule has 0 aliphatic carbocycles. The maximum atomic E-state index is 6.05. The van der Waals surface area contributed by atoms with Gasteiger partial charge in [-0.15, -0.1) is 5.92 Å². The number of rotatable bonds is 12. The van der Waals surface area contributed by atoms with Gasteiger partial charge in [-0.1, -0.05) is 62.8 Å². The third-order valence-electron chi connectivity index (χ3n) is 4.26. The highest BCUT2D eigenvalue weighted by atomic mass is 28.3. The smallest absolute Gasteiger partial charge is 0.147 e. The molecule has 3 atom stereocenters. The Kier molecular flexibility index (Phi) is 10.8. The van der Waals surface area contributed by atoms with Gasteiger partial charge >= 0.3 is 0 Å². The van der Waals surface area contributed by atoms with Gasteiger partial charge in [0.15, 0.2) is 0 Å². The van der Waals surface area contributed by atoms with E-state index in [9.17, 15) is 0 Å². The summed E-state index contributed by atoms with van der Waals surface area (Å²) in [6, 6.07) is 11.4. The van der Waals surface area contributed by atoms with Crippen LogP contribution >= 0.6 is 0 Å². The lowest BCUT2D eigenvalue weighted by atomic mass is 9.94. The lowest BCUT2D eigenvalue weighted by molar-refractivity contribution is -0.121. The van der Waals surface area contributed by atoms with Gasteiger partial charge in [0.1, 0.15) is 6.79 Å². The topological polar surface area (TPSA) is 27.7 Å². The number of ether oxygens (including phenoxy) is 3. The standard InChI is InChI=1S/C22H36O3Si/c1-7-11-19(2)22(25-18-23-14-15-26(4,5)6)20(3)16-24-17-21-12-9-8-10-13-21/h8-10,12-13,19-20,22H,14-18H2,1-6H3/t19?,20-,22?/m1/s1. The lowest BCUT2D eigenvalue weighted by Gasteiger charge is -2.27. The van der Waals surface area contributed by atoms with Crippen LogP contribution in [-0.4, -0.2) is 34.2 Å². The Labute approximate surface area is 161 Å². The molecule has 1 aromatic rings. The molecule has 0 aromatic heterocycles. The Bertz CT molecular complexity index is 542. The van der Waals surface area contributed by atoms with Crippen LogP contribution in [0.2, 0.25) is 25.7 Å². The van der Waals surface area contributed by atoms with Gasteiger partial charge in [0, 0.05) is 26.5 Å². The summed E-state index contributed by atoms with van der Waals surface area (Å²) in [5.74, 6) is 6.62. The Hall–Kier alpha value is -1.12. The molecule has 0 N–H and O–H groups in total. The number of hydrogen-bond acceptors (Lipinski definition) is 3. The normalized spacial score (nSPS) is 15.0. The highest BCUT2D eigenvalue weighted by Crippen LogP contribution is 2.18. The highest BCUT2D eigenvalue weighted by molar-refractivity contribution is 6.76. The zero-order valence-corrected chi connectivity index (χ0v) is 18.4. The summed E-state index contributed by atoms with van der Waals surface area (Å²) >= 11 is 0. The molecule has 0 radical (unpaired) electrons. The van der Waals surface area contributed by atoms with E-state index < -0.39 is 8.07 Å². The minimum Gasteiger partial charge on any atom is -0.376 e. The first kappa shape index (κ1) is 22.9. The van der Waals surface area contributed by atoms with Gasteiger partial charge in [-0.2, -0.15) is 0 Å². The van der Waals surface area contributed by atoms with E-state index in [1.165, 1.54) is 5.56 Å². The Morgan fingerprint density at radius 3 is 2.35 bits per heavy atom. The molecular formula is C22H36O3Si. The van der Waals surface area contributed by atoms with Gasteiger partial charge in [0.25, 0.3) is 0 Å². The van der Waals surface area contributed by atoms with Gasteiger partial charge < -0.3 is 14.2 Å². The van der Waals surface area contributed by atoms with Crippen LogP contribution in [0.1, 0.15) is 26.3 Å². The molecule has 0 bridgehead atoms. The fourth-order valence-corrected chi connectivity index (χ4v) is 3.46. The molecule has 0 saturated heterocycles. The summed E-state index contributed by atoms with van der Waals surface area (Å²) in [5, 5.41) is 0. The average molecular weight is 377 g/mol. The molecule has 0 saturated carbocycles. The maximum absolute atomic E-state index is 6.05. The molecule has 1 aromatic carbocycles. The first-order valence-electron chi connectivity index (χ1n) is 9.57. The minimum atomic E-state index is -1.06. The summed E-state index contributed by atoms with van der Waals surface area (Å²) in [6.07, 6.45) is 0.00473. The molecule has 2 unspecified atom stereocenters. The minimum absolute atomic E-state index is 0.00473. The van der Waals surface area contributed by atoms with Crippen molar-refractivity contribution in [3.05, 3.63) is 35.9 Å². The van der Waals surface area contributed by atoms with Crippen LogP contribution in [0.25, 0.3) is 0 Å². The lowest BCUT2D eigenvalue weighted by Crippen LogP contribution is -2.32. The first-order chi connectivity index (χ1) is 12.3. The zero-order chi connectivity index (χ0) is 19.4. The fourth-order valence-electron chi connectivity index (χ4n) is 2.71. The van der Waals surface area contributed by atoms with Crippen molar-refractivity contribution < 1.29 is 14.2 Å². The van der Waals surface area contributed by atoms with E-state index in [1.54, 1.807) is 0 Å². The molecule has 0 fully saturated rings. The van der Waals surface area contributed by atoms with Gasteiger partial charge in [0.05, 0.1) is 19.3 Å². The number of hydrogen-bond donors (Lipinski definition) is 0. The Morgan fingerprint density at radius 2 is 1.73 bits per heavy atom. The molecule has 3 nitrogen and oxygen atoms in total. The van der Waals surface area contributed by atoms with E-state index in [2.05, 4.69) is 57.5 Å². The molecule has 0 aliphatic rings. The van der Waals surface area contributed by atoms with E-state index in [0.29, 0.717) is 20.0 Å². The third kappa shape index (κ3) is 10.1. The van der Waals surface area contributed by atoms with E-state index in [0.717, 1.165) is 12.7 Å². The van der Waals surface area contributed by atoms with Crippen molar-refractivity contribution in [2.75, 3.05) is 20.0 Å². The Morgan fingerprint density at radius 1 is 1.04 bits per heavy atom. The predicted octanol–water partition coefficient (Wildman–Crippen LogP) is 5.20. The van der Waals surface area contributed by atoms with Crippen LogP contribution in [0.3, 0.4) is 0 Å². The first-order valence-corrected chi connectivity index (χ1v) is 13.3. The third-order valence-corrected chi connectivity index (χ3v) is 5.96. The fraction of sp³-hybridized carbons (Fsp3) is 0.636. The van der Waals surface area contributed by atoms with Crippen molar-refractivity contribution in [1.82, 2.24) is 0 Å². The van der Waals surface area contributed by atoms with Gasteiger partial charge in [-0.05, 0) is 25.5 Å². The Balaban J connectivity index is 2.43. The zero-order valence-electron chi connectivity index (χ0n) is 17.4. The molecule has 0 aliphatic heterocycles. The SMILES string of the molecule is CC#CC(C)C(OCOCC[Si](C)(C)C)[C@H](C)COCc1ccccc1. The van der Waals surface area contributed by atoms with Crippen molar-refractivity contribution in [1.29, 1.82) is 0 Å². The second-order valence-corrected chi connectivity index (χ2v) is 13.8. The average Bonchev–Trinajstić information content (AvgIpc) is 2.58. The van der Waals surface area contributed by atoms with E-state index in [1.807, 2.05) is 25.1 Å². The van der Waals surface area contributed by atoms with Gasteiger partial charge in [-0.25, -0.2) is 0 Å². The molecule has 0 heterocycles. The quantitative estimate of drug-likeness (QED) is 0.217. The van der Waals surface area contributed by atoms with Crippen LogP contribution in [-0.2, 0) is 20.8 Å². The summed E-state index contributed by atoms with van der Waals surface area (Å²) in [5.41, 5.74) is 1.19. The van der Waals surface area contributed by atoms with Crippen LogP contribution in [0.15, 0.2) is 30.3 Å². The van der Waals surface area contributed by atoms with E-state index >= 15 is 0 Å². The number of benzene rings is 1. The van der Waals surface area contributed by atoms with E-state index in [-0.39, 0.29) is 17.9 Å². The van der Waals surface area contributed by atoms with Crippen molar-refractivity contribution in [3.8, 4) is 11.8 Å². The molecule has 1 rings (SSSR count). The van der Waals surface area contributed by atoms with Crippen molar-refractivity contribution in [3.63, 3.8) is 0 Å². The molecule has 4 heteroatoms. The van der Waals surface area contributed by atoms with Gasteiger partial charge in [0.2, 0.25) is 0 Å². The van der Waals surface area contributed by atoms with Crippen molar-refractivity contribution >= 4 is 8.07 Å². The summed E-state index contributed by atoms with van der Waals surface area (Å²) < 4.78 is 17.7. The summed E-state index contributed by atoms with van der Waals surface area (Å²) in [4.78, 5) is 0. The van der Waals surface area contributed by atoms with Crippen LogP contribution < -0.4 is 0 Å². The molecule has 0 amide bonds. The molecule has 0 spiro atoms.